The van der Waals surface area contributed by atoms with Crippen molar-refractivity contribution in [2.75, 3.05) is 23.7 Å². The summed E-state index contributed by atoms with van der Waals surface area (Å²) in [5, 5.41) is 2.92. The van der Waals surface area contributed by atoms with E-state index in [0.29, 0.717) is 18.8 Å². The Morgan fingerprint density at radius 3 is 2.19 bits per heavy atom. The number of carbonyl (C=O) groups is 2. The third-order valence-electron chi connectivity index (χ3n) is 6.78. The summed E-state index contributed by atoms with van der Waals surface area (Å²) in [6.07, 6.45) is 2.27. The molecule has 0 bridgehead atoms. The van der Waals surface area contributed by atoms with Gasteiger partial charge in [-0.15, -0.1) is 11.8 Å². The van der Waals surface area contributed by atoms with E-state index in [2.05, 4.69) is 5.32 Å². The first kappa shape index (κ1) is 33.0. The summed E-state index contributed by atoms with van der Waals surface area (Å²) in [6, 6.07) is 20.0. The van der Waals surface area contributed by atoms with Gasteiger partial charge in [-0.3, -0.25) is 13.9 Å². The van der Waals surface area contributed by atoms with Gasteiger partial charge in [-0.25, -0.2) is 8.42 Å². The number of anilines is 1. The second-order valence-corrected chi connectivity index (χ2v) is 12.9. The molecule has 3 rings (SSSR count). The summed E-state index contributed by atoms with van der Waals surface area (Å²) in [5.74, 6) is -0.446. The highest BCUT2D eigenvalue weighted by atomic mass is 32.2. The molecule has 0 radical (unpaired) electrons. The largest absolute Gasteiger partial charge is 0.492 e. The number of carbonyl (C=O) groups excluding carboxylic acids is 2. The zero-order chi connectivity index (χ0) is 30.9. The van der Waals surface area contributed by atoms with Gasteiger partial charge in [-0.2, -0.15) is 0 Å². The van der Waals surface area contributed by atoms with E-state index in [4.69, 9.17) is 4.74 Å². The minimum Gasteiger partial charge on any atom is -0.492 e. The maximum Gasteiger partial charge on any atom is 0.264 e. The number of sulfonamides is 1. The number of amides is 2. The van der Waals surface area contributed by atoms with Gasteiger partial charge in [0.2, 0.25) is 11.8 Å². The van der Waals surface area contributed by atoms with Crippen molar-refractivity contribution >= 4 is 39.3 Å². The van der Waals surface area contributed by atoms with Crippen molar-refractivity contribution < 1.29 is 22.7 Å². The number of benzene rings is 3. The van der Waals surface area contributed by atoms with Crippen LogP contribution in [0.4, 0.5) is 5.69 Å². The van der Waals surface area contributed by atoms with E-state index in [-0.39, 0.29) is 29.1 Å². The zero-order valence-electron chi connectivity index (χ0n) is 25.2. The molecule has 0 saturated heterocycles. The average Bonchev–Trinajstić information content (AvgIpc) is 2.96. The smallest absolute Gasteiger partial charge is 0.264 e. The quantitative estimate of drug-likeness (QED) is 0.237. The lowest BCUT2D eigenvalue weighted by atomic mass is 10.1. The van der Waals surface area contributed by atoms with Crippen LogP contribution in [0.3, 0.4) is 0 Å². The number of aryl methyl sites for hydroxylation is 1. The molecule has 8 nitrogen and oxygen atoms in total. The Morgan fingerprint density at radius 2 is 1.60 bits per heavy atom. The van der Waals surface area contributed by atoms with Gasteiger partial charge in [-0.05, 0) is 87.9 Å². The van der Waals surface area contributed by atoms with Crippen LogP contribution in [0, 0.1) is 6.92 Å². The van der Waals surface area contributed by atoms with Crippen molar-refractivity contribution in [2.24, 2.45) is 0 Å². The lowest BCUT2D eigenvalue weighted by molar-refractivity contribution is -0.140. The van der Waals surface area contributed by atoms with Gasteiger partial charge >= 0.3 is 0 Å². The summed E-state index contributed by atoms with van der Waals surface area (Å²) in [7, 11) is -4.21. The Balaban J connectivity index is 2.13. The van der Waals surface area contributed by atoms with Crippen molar-refractivity contribution in [2.45, 2.75) is 69.5 Å². The van der Waals surface area contributed by atoms with Crippen molar-refractivity contribution in [3.63, 3.8) is 0 Å². The summed E-state index contributed by atoms with van der Waals surface area (Å²) >= 11 is 1.50. The predicted molar refractivity (Wildman–Crippen MR) is 169 cm³/mol. The van der Waals surface area contributed by atoms with E-state index < -0.39 is 28.5 Å². The molecule has 2 amide bonds. The zero-order valence-corrected chi connectivity index (χ0v) is 26.8. The van der Waals surface area contributed by atoms with Crippen LogP contribution in [0.5, 0.6) is 5.75 Å². The molecule has 0 aliphatic heterocycles. The molecule has 0 unspecified atom stereocenters. The predicted octanol–water partition coefficient (Wildman–Crippen LogP) is 5.64. The summed E-state index contributed by atoms with van der Waals surface area (Å²) in [5.41, 5.74) is 2.09. The Hall–Kier alpha value is -3.50. The third-order valence-corrected chi connectivity index (χ3v) is 9.30. The molecule has 0 aromatic heterocycles. The maximum absolute atomic E-state index is 14.3. The van der Waals surface area contributed by atoms with E-state index >= 15 is 0 Å². The molecule has 3 aromatic rings. The highest BCUT2D eigenvalue weighted by molar-refractivity contribution is 7.98. The van der Waals surface area contributed by atoms with Crippen LogP contribution in [-0.2, 0) is 26.2 Å². The first-order chi connectivity index (χ1) is 20.0. The third kappa shape index (κ3) is 8.07. The van der Waals surface area contributed by atoms with Crippen LogP contribution in [0.15, 0.2) is 82.6 Å². The van der Waals surface area contributed by atoms with Gasteiger partial charge < -0.3 is 15.0 Å². The number of hydrogen-bond acceptors (Lipinski definition) is 6. The van der Waals surface area contributed by atoms with Crippen molar-refractivity contribution in [3.8, 4) is 5.75 Å². The highest BCUT2D eigenvalue weighted by Gasteiger charge is 2.35. The number of hydrogen-bond donors (Lipinski definition) is 1. The van der Waals surface area contributed by atoms with Gasteiger partial charge in [0.05, 0.1) is 17.2 Å². The van der Waals surface area contributed by atoms with Crippen LogP contribution in [0.2, 0.25) is 0 Å². The first-order valence-electron chi connectivity index (χ1n) is 14.1. The molecule has 10 heteroatoms. The van der Waals surface area contributed by atoms with E-state index in [1.807, 2.05) is 65.1 Å². The summed E-state index contributed by atoms with van der Waals surface area (Å²) < 4.78 is 35.3. The molecule has 0 saturated carbocycles. The minimum absolute atomic E-state index is 0.0504. The van der Waals surface area contributed by atoms with E-state index in [1.54, 1.807) is 36.4 Å². The van der Waals surface area contributed by atoms with Crippen LogP contribution in [-0.4, -0.2) is 56.6 Å². The standard InChI is InChI=1S/C32H41N3O5S2/c1-7-28(32(37)33-23(3)4)34(21-25-14-10-9-13-24(25)5)31(36)22-35(29-15-11-12-16-30(29)40-8-2)42(38,39)27-19-17-26(41-6)18-20-27/h9-20,23,28H,7-8,21-22H2,1-6H3,(H,33,37)/t28-/m0/s1. The molecule has 1 atom stereocenters. The lowest BCUT2D eigenvalue weighted by Gasteiger charge is -2.34. The van der Waals surface area contributed by atoms with Crippen molar-refractivity contribution in [1.29, 1.82) is 0 Å². The molecule has 0 heterocycles. The van der Waals surface area contributed by atoms with E-state index in [9.17, 15) is 18.0 Å². The molecule has 3 aromatic carbocycles. The van der Waals surface area contributed by atoms with Crippen molar-refractivity contribution in [1.82, 2.24) is 10.2 Å². The number of nitrogens with zero attached hydrogens (tertiary/aromatic N) is 2. The lowest BCUT2D eigenvalue weighted by Crippen LogP contribution is -2.53. The highest BCUT2D eigenvalue weighted by Crippen LogP contribution is 2.33. The molecule has 42 heavy (non-hydrogen) atoms. The summed E-state index contributed by atoms with van der Waals surface area (Å²) in [4.78, 5) is 30.1. The maximum atomic E-state index is 14.3. The van der Waals surface area contributed by atoms with Crippen LogP contribution >= 0.6 is 11.8 Å². The second kappa shape index (κ2) is 15.1. The molecular formula is C32H41N3O5S2. The van der Waals surface area contributed by atoms with Gasteiger partial charge in [0.1, 0.15) is 18.3 Å². The Morgan fingerprint density at radius 1 is 0.952 bits per heavy atom. The summed E-state index contributed by atoms with van der Waals surface area (Å²) in [6.45, 7) is 9.26. The van der Waals surface area contributed by atoms with Gasteiger partial charge in [-0.1, -0.05) is 43.3 Å². The van der Waals surface area contributed by atoms with Crippen LogP contribution < -0.4 is 14.4 Å². The topological polar surface area (TPSA) is 96.0 Å². The number of thioether (sulfide) groups is 1. The monoisotopic (exact) mass is 611 g/mol. The fourth-order valence-corrected chi connectivity index (χ4v) is 6.43. The van der Waals surface area contributed by atoms with Crippen molar-refractivity contribution in [3.05, 3.63) is 83.9 Å². The Kier molecular flexibility index (Phi) is 11.9. The minimum atomic E-state index is -4.21. The van der Waals surface area contributed by atoms with Gasteiger partial charge in [0.15, 0.2) is 0 Å². The van der Waals surface area contributed by atoms with Gasteiger partial charge in [0, 0.05) is 17.5 Å². The van der Waals surface area contributed by atoms with E-state index in [0.717, 1.165) is 20.3 Å². The molecule has 0 fully saturated rings. The normalized spacial score (nSPS) is 12.1. The van der Waals surface area contributed by atoms with Gasteiger partial charge in [0.25, 0.3) is 10.0 Å². The molecule has 0 spiro atoms. The molecule has 0 aliphatic carbocycles. The first-order valence-corrected chi connectivity index (χ1v) is 16.7. The Labute approximate surface area is 254 Å². The molecule has 0 aliphatic rings. The number of nitrogens with one attached hydrogen (secondary N) is 1. The van der Waals surface area contributed by atoms with Crippen LogP contribution in [0.25, 0.3) is 0 Å². The number of rotatable bonds is 14. The second-order valence-electron chi connectivity index (χ2n) is 10.1. The molecular weight excluding hydrogens is 571 g/mol. The fourth-order valence-electron chi connectivity index (χ4n) is 4.60. The number of ether oxygens (including phenoxy) is 1. The fraction of sp³-hybridized carbons (Fsp3) is 0.375. The van der Waals surface area contributed by atoms with E-state index in [1.165, 1.54) is 28.8 Å². The molecule has 226 valence electrons. The molecule has 1 N–H and O–H groups in total. The number of para-hydroxylation sites is 2. The average molecular weight is 612 g/mol. The SMILES string of the molecule is CCOc1ccccc1N(CC(=O)N(Cc1ccccc1C)[C@@H](CC)C(=O)NC(C)C)S(=O)(=O)c1ccc(SC)cc1. The Bertz CT molecular complexity index is 1460. The van der Waals surface area contributed by atoms with Crippen LogP contribution in [0.1, 0.15) is 45.2 Å².